The molecule has 49 heavy (non-hydrogen) atoms. The lowest BCUT2D eigenvalue weighted by Gasteiger charge is -2.32. The minimum atomic E-state index is -0.724. The number of hydrogen-bond donors (Lipinski definition) is 0. The van der Waals surface area contributed by atoms with E-state index >= 15 is 0 Å². The van der Waals surface area contributed by atoms with E-state index in [4.69, 9.17) is 34.8 Å². The third-order valence-corrected chi connectivity index (χ3v) is 7.89. The van der Waals surface area contributed by atoms with Crippen molar-refractivity contribution in [2.24, 2.45) is 0 Å². The maximum Gasteiger partial charge on any atom is 0.305 e. The van der Waals surface area contributed by atoms with Crippen LogP contribution < -0.4 is 14.2 Å². The first kappa shape index (κ1) is 39.1. The van der Waals surface area contributed by atoms with Crippen molar-refractivity contribution >= 4 is 17.8 Å². The molecular weight excluding hydrogens is 634 g/mol. The van der Waals surface area contributed by atoms with Crippen molar-refractivity contribution in [2.75, 3.05) is 66.9 Å². The molecule has 1 fully saturated rings. The molecular formula is C36H49N3O10. The molecule has 1 saturated heterocycles. The highest BCUT2D eigenvalue weighted by molar-refractivity contribution is 5.81. The summed E-state index contributed by atoms with van der Waals surface area (Å²) in [6.07, 6.45) is 8.96. The summed E-state index contributed by atoms with van der Waals surface area (Å²) < 4.78 is 38.6. The first-order valence-electron chi connectivity index (χ1n) is 16.5. The van der Waals surface area contributed by atoms with Crippen LogP contribution in [0.25, 0.3) is 0 Å². The minimum absolute atomic E-state index is 0.0114. The first-order chi connectivity index (χ1) is 23.7. The van der Waals surface area contributed by atoms with Gasteiger partial charge in [0, 0.05) is 57.6 Å². The molecule has 1 aromatic carbocycles. The molecule has 13 nitrogen and oxygen atoms in total. The van der Waals surface area contributed by atoms with Crippen LogP contribution in [0.2, 0.25) is 0 Å². The summed E-state index contributed by atoms with van der Waals surface area (Å²) in [4.78, 5) is 44.6. The molecule has 0 N–H and O–H groups in total. The fraction of sp³-hybridized carbons (Fsp3) is 0.556. The topological polar surface area (TPSA) is 135 Å². The summed E-state index contributed by atoms with van der Waals surface area (Å²) in [5.41, 5.74) is 0. The van der Waals surface area contributed by atoms with Gasteiger partial charge in [-0.3, -0.25) is 14.4 Å². The number of piperidine rings is 1. The second kappa shape index (κ2) is 21.6. The number of aromatic nitrogens is 1. The molecule has 2 heterocycles. The van der Waals surface area contributed by atoms with Crippen molar-refractivity contribution in [1.82, 2.24) is 14.8 Å². The Hall–Kier alpha value is -4.38. The Morgan fingerprint density at radius 1 is 1.00 bits per heavy atom. The van der Waals surface area contributed by atoms with E-state index in [1.54, 1.807) is 66.4 Å². The average Bonchev–Trinajstić information content (AvgIpc) is 3.11. The number of methoxy groups -OCH3 is 1. The zero-order chi connectivity index (χ0) is 35.4. The fourth-order valence-electron chi connectivity index (χ4n) is 4.96. The number of rotatable bonds is 21. The summed E-state index contributed by atoms with van der Waals surface area (Å²) in [5, 5.41) is 0. The van der Waals surface area contributed by atoms with Gasteiger partial charge in [0.05, 0.1) is 39.7 Å². The van der Waals surface area contributed by atoms with Gasteiger partial charge in [-0.05, 0) is 44.9 Å². The lowest BCUT2D eigenvalue weighted by molar-refractivity contribution is -0.141. The number of likely N-dealkylation sites (N-methyl/N-ethyl adjacent to an activating group) is 1. The molecule has 2 atom stereocenters. The van der Waals surface area contributed by atoms with Crippen LogP contribution in [0.5, 0.6) is 23.1 Å². The van der Waals surface area contributed by atoms with Gasteiger partial charge in [-0.25, -0.2) is 4.98 Å². The van der Waals surface area contributed by atoms with Crippen molar-refractivity contribution in [3.05, 3.63) is 42.6 Å². The summed E-state index contributed by atoms with van der Waals surface area (Å²) >= 11 is 0. The van der Waals surface area contributed by atoms with Crippen molar-refractivity contribution < 1.29 is 47.5 Å². The van der Waals surface area contributed by atoms with E-state index in [0.717, 1.165) is 0 Å². The average molecular weight is 684 g/mol. The molecule has 0 saturated carbocycles. The SMILES string of the molecule is C#CCOCCOCCOCC(=O)N1CCC(Oc2ccc(Oc3cccc(O[C@@H](C)C(=O)N(C)[C@@H](C)CCCC(=O)OC)c3)nc2)CC1. The summed E-state index contributed by atoms with van der Waals surface area (Å²) in [6.45, 7) is 6.62. The second-order valence-electron chi connectivity index (χ2n) is 11.6. The number of esters is 1. The van der Waals surface area contributed by atoms with Gasteiger partial charge in [0.25, 0.3) is 5.91 Å². The Bertz CT molecular complexity index is 1340. The van der Waals surface area contributed by atoms with E-state index in [-0.39, 0.29) is 43.1 Å². The van der Waals surface area contributed by atoms with E-state index in [2.05, 4.69) is 15.6 Å². The van der Waals surface area contributed by atoms with E-state index < -0.39 is 6.10 Å². The maximum absolute atomic E-state index is 13.0. The molecule has 0 aliphatic carbocycles. The van der Waals surface area contributed by atoms with E-state index in [9.17, 15) is 14.4 Å². The molecule has 13 heteroatoms. The lowest BCUT2D eigenvalue weighted by Crippen LogP contribution is -2.43. The van der Waals surface area contributed by atoms with Crippen LogP contribution in [-0.2, 0) is 33.3 Å². The standard InChI is InChI=1S/C36H49N3O10/c1-6-19-44-20-21-45-22-23-46-26-34(40)39-17-15-29(16-18-39)48-32-13-14-33(37-25-32)49-31-11-8-10-30(24-31)47-28(3)36(42)38(4)27(2)9-7-12-35(41)43-5/h1,8,10-11,13-14,24-25,27-29H,7,9,12,15-23,26H2,2-5H3/t27-,28-/m0/s1. The monoisotopic (exact) mass is 683 g/mol. The molecule has 0 spiro atoms. The predicted octanol–water partition coefficient (Wildman–Crippen LogP) is 3.88. The third kappa shape index (κ3) is 14.3. The van der Waals surface area contributed by atoms with Gasteiger partial charge in [-0.1, -0.05) is 12.0 Å². The molecule has 0 unspecified atom stereocenters. The number of benzene rings is 1. The Balaban J connectivity index is 1.36. The number of amides is 2. The van der Waals surface area contributed by atoms with E-state index in [0.29, 0.717) is 94.7 Å². The van der Waals surface area contributed by atoms with Crippen LogP contribution in [0.3, 0.4) is 0 Å². The number of likely N-dealkylation sites (tertiary alicyclic amines) is 1. The van der Waals surface area contributed by atoms with Gasteiger partial charge in [0.2, 0.25) is 11.8 Å². The van der Waals surface area contributed by atoms with Gasteiger partial charge in [0.15, 0.2) is 6.10 Å². The molecule has 0 radical (unpaired) electrons. The van der Waals surface area contributed by atoms with Gasteiger partial charge < -0.3 is 43.0 Å². The van der Waals surface area contributed by atoms with Gasteiger partial charge in [-0.2, -0.15) is 0 Å². The number of carbonyl (C=O) groups is 3. The zero-order valence-electron chi connectivity index (χ0n) is 29.0. The quantitative estimate of drug-likeness (QED) is 0.108. The molecule has 2 aromatic rings. The summed E-state index contributed by atoms with van der Waals surface area (Å²) in [6, 6.07) is 10.4. The summed E-state index contributed by atoms with van der Waals surface area (Å²) in [7, 11) is 3.09. The minimum Gasteiger partial charge on any atom is -0.489 e. The highest BCUT2D eigenvalue weighted by Gasteiger charge is 2.25. The molecule has 3 rings (SSSR count). The molecule has 2 amide bonds. The van der Waals surface area contributed by atoms with Crippen molar-refractivity contribution in [3.63, 3.8) is 0 Å². The number of ether oxygens (including phenoxy) is 7. The largest absolute Gasteiger partial charge is 0.489 e. The predicted molar refractivity (Wildman–Crippen MR) is 180 cm³/mol. The number of hydrogen-bond acceptors (Lipinski definition) is 11. The van der Waals surface area contributed by atoms with Crippen molar-refractivity contribution in [2.45, 2.75) is 64.2 Å². The van der Waals surface area contributed by atoms with Crippen molar-refractivity contribution in [3.8, 4) is 35.5 Å². The van der Waals surface area contributed by atoms with Crippen LogP contribution in [0.1, 0.15) is 46.0 Å². The maximum atomic E-state index is 13.0. The highest BCUT2D eigenvalue weighted by Crippen LogP contribution is 2.27. The van der Waals surface area contributed by atoms with Crippen LogP contribution in [0.15, 0.2) is 42.6 Å². The van der Waals surface area contributed by atoms with Crippen LogP contribution in [0.4, 0.5) is 0 Å². The fourth-order valence-corrected chi connectivity index (χ4v) is 4.96. The Morgan fingerprint density at radius 2 is 1.71 bits per heavy atom. The van der Waals surface area contributed by atoms with Gasteiger partial charge in [0.1, 0.15) is 36.6 Å². The first-order valence-corrected chi connectivity index (χ1v) is 16.5. The highest BCUT2D eigenvalue weighted by atomic mass is 16.5. The lowest BCUT2D eigenvalue weighted by atomic mass is 10.1. The number of carbonyl (C=O) groups excluding carboxylic acids is 3. The third-order valence-electron chi connectivity index (χ3n) is 7.89. The van der Waals surface area contributed by atoms with Gasteiger partial charge in [-0.15, -0.1) is 6.42 Å². The summed E-state index contributed by atoms with van der Waals surface area (Å²) in [5.74, 6) is 3.87. The number of nitrogens with zero attached hydrogens (tertiary/aromatic N) is 3. The van der Waals surface area contributed by atoms with Crippen LogP contribution >= 0.6 is 0 Å². The van der Waals surface area contributed by atoms with Crippen LogP contribution in [0, 0.1) is 12.3 Å². The molecule has 268 valence electrons. The Labute approximate surface area is 289 Å². The Morgan fingerprint density at radius 3 is 2.41 bits per heavy atom. The van der Waals surface area contributed by atoms with Gasteiger partial charge >= 0.3 is 5.97 Å². The van der Waals surface area contributed by atoms with Crippen LogP contribution in [-0.4, -0.2) is 118 Å². The van der Waals surface area contributed by atoms with E-state index in [1.807, 2.05) is 6.92 Å². The Kier molecular flexibility index (Phi) is 17.2. The number of pyridine rings is 1. The van der Waals surface area contributed by atoms with Crippen molar-refractivity contribution in [1.29, 1.82) is 0 Å². The molecule has 1 aliphatic heterocycles. The smallest absolute Gasteiger partial charge is 0.305 e. The second-order valence-corrected chi connectivity index (χ2v) is 11.6. The molecule has 0 bridgehead atoms. The zero-order valence-corrected chi connectivity index (χ0v) is 29.0. The molecule has 1 aromatic heterocycles. The molecule has 1 aliphatic rings. The number of terminal acetylenes is 1. The normalized spacial score (nSPS) is 14.3. The van der Waals surface area contributed by atoms with E-state index in [1.165, 1.54) is 7.11 Å².